The van der Waals surface area contributed by atoms with Crippen LogP contribution in [0.25, 0.3) is 16.6 Å². The zero-order chi connectivity index (χ0) is 24.1. The molecule has 4 aromatic rings. The van der Waals surface area contributed by atoms with Gasteiger partial charge in [-0.05, 0) is 48.9 Å². The lowest BCUT2D eigenvalue weighted by Gasteiger charge is -2.13. The van der Waals surface area contributed by atoms with Crippen LogP contribution in [0.15, 0.2) is 93.9 Å². The number of benzene rings is 3. The fourth-order valence-electron chi connectivity index (χ4n) is 3.21. The van der Waals surface area contributed by atoms with E-state index in [1.807, 2.05) is 18.2 Å². The third kappa shape index (κ3) is 5.02. The Hall–Kier alpha value is -4.31. The molecule has 0 aliphatic rings. The van der Waals surface area contributed by atoms with E-state index in [4.69, 9.17) is 0 Å². The van der Waals surface area contributed by atoms with Crippen molar-refractivity contribution in [3.8, 4) is 5.69 Å². The quantitative estimate of drug-likeness (QED) is 0.143. The summed E-state index contributed by atoms with van der Waals surface area (Å²) in [5.74, 6) is -0.400. The van der Waals surface area contributed by atoms with Crippen LogP contribution < -0.4 is 11.0 Å². The van der Waals surface area contributed by atoms with Crippen molar-refractivity contribution >= 4 is 40.0 Å². The van der Waals surface area contributed by atoms with Crippen LogP contribution in [0.3, 0.4) is 0 Å². The number of hydrogen-bond donors (Lipinski definition) is 1. The van der Waals surface area contributed by atoms with Crippen LogP contribution in [0.5, 0.6) is 0 Å². The number of thioether (sulfide) groups is 1. The van der Waals surface area contributed by atoms with E-state index < -0.39 is 4.92 Å². The highest BCUT2D eigenvalue weighted by molar-refractivity contribution is 7.99. The Morgan fingerprint density at radius 3 is 2.44 bits per heavy atom. The number of rotatable bonds is 7. The van der Waals surface area contributed by atoms with Crippen LogP contribution in [0.1, 0.15) is 12.5 Å². The number of nitrogens with one attached hydrogen (secondary N) is 1. The van der Waals surface area contributed by atoms with Crippen LogP contribution in [-0.4, -0.2) is 31.8 Å². The van der Waals surface area contributed by atoms with Crippen molar-refractivity contribution in [2.45, 2.75) is 12.1 Å². The van der Waals surface area contributed by atoms with E-state index >= 15 is 0 Å². The minimum atomic E-state index is -0.481. The summed E-state index contributed by atoms with van der Waals surface area (Å²) in [4.78, 5) is 40.5. The van der Waals surface area contributed by atoms with Crippen molar-refractivity contribution in [1.29, 1.82) is 0 Å². The summed E-state index contributed by atoms with van der Waals surface area (Å²) in [6, 6.07) is 22.1. The predicted octanol–water partition coefficient (Wildman–Crippen LogP) is 3.93. The van der Waals surface area contributed by atoms with Crippen molar-refractivity contribution in [1.82, 2.24) is 15.0 Å². The molecule has 170 valence electrons. The number of carbonyl (C=O) groups excluding carboxylic acids is 1. The Balaban J connectivity index is 1.53. The zero-order valence-electron chi connectivity index (χ0n) is 18.0. The van der Waals surface area contributed by atoms with Crippen molar-refractivity contribution in [3.63, 3.8) is 0 Å². The lowest BCUT2D eigenvalue weighted by atomic mass is 10.1. The molecule has 1 amide bonds. The van der Waals surface area contributed by atoms with Gasteiger partial charge in [0.2, 0.25) is 0 Å². The maximum absolute atomic E-state index is 13.2. The van der Waals surface area contributed by atoms with Gasteiger partial charge in [0, 0.05) is 12.1 Å². The third-order valence-corrected chi connectivity index (χ3v) is 5.87. The number of aromatic nitrogens is 2. The second-order valence-corrected chi connectivity index (χ2v) is 8.15. The second-order valence-electron chi connectivity index (χ2n) is 7.21. The SMILES string of the molecule is CC(=NNC(=O)CSc1nc2ccccc2c(=O)n1-c1ccccc1)c1ccc([N+](=O)[O-])cc1. The smallest absolute Gasteiger partial charge is 0.269 e. The number of amides is 1. The third-order valence-electron chi connectivity index (χ3n) is 4.94. The molecule has 0 saturated heterocycles. The number of nitrogens with zero attached hydrogens (tertiary/aromatic N) is 4. The summed E-state index contributed by atoms with van der Waals surface area (Å²) in [5, 5.41) is 15.7. The zero-order valence-corrected chi connectivity index (χ0v) is 18.9. The number of hydrogen-bond acceptors (Lipinski definition) is 7. The van der Waals surface area contributed by atoms with Gasteiger partial charge in [-0.3, -0.25) is 24.3 Å². The molecule has 34 heavy (non-hydrogen) atoms. The fraction of sp³-hybridized carbons (Fsp3) is 0.0833. The minimum absolute atomic E-state index is 0.0192. The summed E-state index contributed by atoms with van der Waals surface area (Å²) in [5.41, 5.74) is 4.59. The van der Waals surface area contributed by atoms with E-state index in [1.165, 1.54) is 16.7 Å². The molecule has 1 aromatic heterocycles. The first-order valence-corrected chi connectivity index (χ1v) is 11.2. The molecule has 0 saturated carbocycles. The van der Waals surface area contributed by atoms with Gasteiger partial charge in [-0.15, -0.1) is 0 Å². The summed E-state index contributed by atoms with van der Waals surface area (Å²) in [6.45, 7) is 1.69. The Bertz CT molecular complexity index is 1450. The molecule has 10 heteroatoms. The second kappa shape index (κ2) is 10.1. The highest BCUT2D eigenvalue weighted by atomic mass is 32.2. The van der Waals surface area contributed by atoms with E-state index in [9.17, 15) is 19.7 Å². The topological polar surface area (TPSA) is 119 Å². The number of hydrazone groups is 1. The maximum atomic E-state index is 13.2. The van der Waals surface area contributed by atoms with Crippen LogP contribution in [0.2, 0.25) is 0 Å². The average molecular weight is 474 g/mol. The largest absolute Gasteiger partial charge is 0.272 e. The fourth-order valence-corrected chi connectivity index (χ4v) is 4.02. The van der Waals surface area contributed by atoms with Gasteiger partial charge in [0.15, 0.2) is 5.16 Å². The molecule has 1 heterocycles. The number of fused-ring (bicyclic) bond motifs is 1. The molecule has 0 aliphatic heterocycles. The summed E-state index contributed by atoms with van der Waals surface area (Å²) in [7, 11) is 0. The van der Waals surface area contributed by atoms with Gasteiger partial charge in [0.25, 0.3) is 17.2 Å². The lowest BCUT2D eigenvalue weighted by Crippen LogP contribution is -2.24. The number of carbonyl (C=O) groups is 1. The van der Waals surface area contributed by atoms with Gasteiger partial charge in [-0.25, -0.2) is 10.4 Å². The first-order valence-electron chi connectivity index (χ1n) is 10.2. The van der Waals surface area contributed by atoms with Gasteiger partial charge >= 0.3 is 0 Å². The molecule has 0 aliphatic carbocycles. The predicted molar refractivity (Wildman–Crippen MR) is 132 cm³/mol. The molecule has 0 fully saturated rings. The van der Waals surface area contributed by atoms with Crippen molar-refractivity contribution in [3.05, 3.63) is 105 Å². The van der Waals surface area contributed by atoms with Crippen LogP contribution in [-0.2, 0) is 4.79 Å². The van der Waals surface area contributed by atoms with E-state index in [-0.39, 0.29) is 22.9 Å². The van der Waals surface area contributed by atoms with Gasteiger partial charge < -0.3 is 0 Å². The Morgan fingerprint density at radius 2 is 1.74 bits per heavy atom. The molecule has 3 aromatic carbocycles. The van der Waals surface area contributed by atoms with E-state index in [1.54, 1.807) is 55.5 Å². The molecule has 0 radical (unpaired) electrons. The Labute approximate surface area is 198 Å². The summed E-state index contributed by atoms with van der Waals surface area (Å²) >= 11 is 1.13. The molecule has 0 bridgehead atoms. The van der Waals surface area contributed by atoms with Crippen molar-refractivity contribution < 1.29 is 9.72 Å². The van der Waals surface area contributed by atoms with Gasteiger partial charge in [0.05, 0.1) is 33.0 Å². The summed E-state index contributed by atoms with van der Waals surface area (Å²) < 4.78 is 1.49. The van der Waals surface area contributed by atoms with Gasteiger partial charge in [0.1, 0.15) is 0 Å². The summed E-state index contributed by atoms with van der Waals surface area (Å²) in [6.07, 6.45) is 0. The van der Waals surface area contributed by atoms with Crippen molar-refractivity contribution in [2.24, 2.45) is 5.10 Å². The van der Waals surface area contributed by atoms with Gasteiger partial charge in [-0.2, -0.15) is 5.10 Å². The van der Waals surface area contributed by atoms with E-state index in [2.05, 4.69) is 15.5 Å². The standard InChI is InChI=1S/C24H19N5O4S/c1-16(17-11-13-19(14-12-17)29(32)33)26-27-22(30)15-34-24-25-21-10-6-5-9-20(21)23(31)28(24)18-7-3-2-4-8-18/h2-14H,15H2,1H3,(H,27,30). The number of non-ortho nitro benzene ring substituents is 1. The lowest BCUT2D eigenvalue weighted by molar-refractivity contribution is -0.384. The van der Waals surface area contributed by atoms with E-state index in [0.717, 1.165) is 11.8 Å². The highest BCUT2D eigenvalue weighted by Crippen LogP contribution is 2.21. The normalized spacial score (nSPS) is 11.4. The van der Waals surface area contributed by atoms with E-state index in [0.29, 0.717) is 33.0 Å². The molecule has 4 rings (SSSR count). The molecule has 0 spiro atoms. The first kappa shape index (κ1) is 22.9. The van der Waals surface area contributed by atoms with Crippen molar-refractivity contribution in [2.75, 3.05) is 5.75 Å². The highest BCUT2D eigenvalue weighted by Gasteiger charge is 2.14. The molecule has 9 nitrogen and oxygen atoms in total. The van der Waals surface area contributed by atoms with Crippen LogP contribution in [0.4, 0.5) is 5.69 Å². The number of para-hydroxylation sites is 2. The van der Waals surface area contributed by atoms with Crippen LogP contribution in [0, 0.1) is 10.1 Å². The Kier molecular flexibility index (Phi) is 6.79. The Morgan fingerprint density at radius 1 is 1.06 bits per heavy atom. The molecule has 1 N–H and O–H groups in total. The average Bonchev–Trinajstić information content (AvgIpc) is 2.86. The number of nitro benzene ring substituents is 1. The minimum Gasteiger partial charge on any atom is -0.272 e. The molecular weight excluding hydrogens is 454 g/mol. The van der Waals surface area contributed by atoms with Crippen LogP contribution >= 0.6 is 11.8 Å². The molecule has 0 unspecified atom stereocenters. The van der Waals surface area contributed by atoms with Gasteiger partial charge in [-0.1, -0.05) is 42.1 Å². The molecule has 0 atom stereocenters. The monoisotopic (exact) mass is 473 g/mol. The maximum Gasteiger partial charge on any atom is 0.269 e. The first-order chi connectivity index (χ1) is 16.4. The number of nitro groups is 1. The molecular formula is C24H19N5O4S.